The van der Waals surface area contributed by atoms with Crippen molar-refractivity contribution >= 4 is 12.3 Å². The Morgan fingerprint density at radius 2 is 1.80 bits per heavy atom. The molecular formula is C17H24O3. The number of carbonyl (C=O) groups is 2. The molecular weight excluding hydrogens is 252 g/mol. The number of ether oxygens (including phenoxy) is 1. The quantitative estimate of drug-likeness (QED) is 0.252. The third-order valence-electron chi connectivity index (χ3n) is 3.86. The molecule has 0 aliphatic heterocycles. The number of methoxy groups -OCH3 is 1. The van der Waals surface area contributed by atoms with Crippen molar-refractivity contribution in [3.8, 4) is 0 Å². The number of allylic oxidation sites excluding steroid dienone is 3. The summed E-state index contributed by atoms with van der Waals surface area (Å²) in [4.78, 5) is 22.9. The van der Waals surface area contributed by atoms with Gasteiger partial charge in [-0.05, 0) is 31.8 Å². The molecule has 3 nitrogen and oxygen atoms in total. The van der Waals surface area contributed by atoms with Gasteiger partial charge in [0.1, 0.15) is 0 Å². The zero-order chi connectivity index (χ0) is 15.0. The Bertz CT molecular complexity index is 422. The topological polar surface area (TPSA) is 43.4 Å². The van der Waals surface area contributed by atoms with Crippen LogP contribution in [0.5, 0.6) is 0 Å². The zero-order valence-corrected chi connectivity index (χ0v) is 12.5. The maximum Gasteiger partial charge on any atom is 0.338 e. The summed E-state index contributed by atoms with van der Waals surface area (Å²) < 4.78 is 4.76. The highest BCUT2D eigenvalue weighted by atomic mass is 16.5. The highest BCUT2D eigenvalue weighted by Crippen LogP contribution is 2.29. The molecule has 1 fully saturated rings. The van der Waals surface area contributed by atoms with Crippen LogP contribution in [0.25, 0.3) is 0 Å². The van der Waals surface area contributed by atoms with Gasteiger partial charge in [0, 0.05) is 5.57 Å². The third kappa shape index (κ3) is 4.48. The van der Waals surface area contributed by atoms with Crippen molar-refractivity contribution in [3.63, 3.8) is 0 Å². The molecule has 0 aromatic carbocycles. The smallest absolute Gasteiger partial charge is 0.338 e. The van der Waals surface area contributed by atoms with E-state index in [9.17, 15) is 9.59 Å². The molecule has 110 valence electrons. The van der Waals surface area contributed by atoms with Crippen molar-refractivity contribution in [2.24, 2.45) is 5.92 Å². The molecule has 0 amide bonds. The van der Waals surface area contributed by atoms with E-state index in [2.05, 4.69) is 6.58 Å². The molecule has 0 heterocycles. The van der Waals surface area contributed by atoms with Gasteiger partial charge >= 0.3 is 5.97 Å². The molecule has 0 aromatic rings. The lowest BCUT2D eigenvalue weighted by Gasteiger charge is -2.15. The van der Waals surface area contributed by atoms with Gasteiger partial charge in [0.25, 0.3) is 0 Å². The van der Waals surface area contributed by atoms with Crippen LogP contribution in [0, 0.1) is 5.92 Å². The highest BCUT2D eigenvalue weighted by Gasteiger charge is 2.18. The molecule has 3 heteroatoms. The van der Waals surface area contributed by atoms with Gasteiger partial charge in [0.2, 0.25) is 0 Å². The van der Waals surface area contributed by atoms with Crippen LogP contribution in [0.2, 0.25) is 0 Å². The molecule has 0 spiro atoms. The average molecular weight is 276 g/mol. The SMILES string of the molecule is C=C(/C=C(C(=O)OC)\C(C=O)=C/C)C1CCCCCC1. The van der Waals surface area contributed by atoms with Crippen molar-refractivity contribution in [3.05, 3.63) is 35.5 Å². The summed E-state index contributed by atoms with van der Waals surface area (Å²) in [7, 11) is 1.32. The first kappa shape index (κ1) is 16.4. The maximum atomic E-state index is 11.8. The van der Waals surface area contributed by atoms with Gasteiger partial charge in [0.05, 0.1) is 12.7 Å². The Labute approximate surface area is 121 Å². The minimum Gasteiger partial charge on any atom is -0.465 e. The van der Waals surface area contributed by atoms with Crippen molar-refractivity contribution in [1.82, 2.24) is 0 Å². The lowest BCUT2D eigenvalue weighted by molar-refractivity contribution is -0.136. The van der Waals surface area contributed by atoms with Crippen LogP contribution in [-0.2, 0) is 14.3 Å². The van der Waals surface area contributed by atoms with E-state index in [1.54, 1.807) is 19.1 Å². The van der Waals surface area contributed by atoms with Crippen molar-refractivity contribution in [1.29, 1.82) is 0 Å². The van der Waals surface area contributed by atoms with Crippen LogP contribution in [0.15, 0.2) is 35.5 Å². The Morgan fingerprint density at radius 1 is 1.20 bits per heavy atom. The van der Waals surface area contributed by atoms with Crippen LogP contribution in [-0.4, -0.2) is 19.4 Å². The molecule has 0 atom stereocenters. The predicted octanol–water partition coefficient (Wildman–Crippen LogP) is 3.76. The largest absolute Gasteiger partial charge is 0.465 e. The van der Waals surface area contributed by atoms with E-state index < -0.39 is 5.97 Å². The highest BCUT2D eigenvalue weighted by molar-refractivity contribution is 6.02. The molecule has 0 aromatic heterocycles. The number of hydrogen-bond acceptors (Lipinski definition) is 3. The number of carbonyl (C=O) groups excluding carboxylic acids is 2. The fourth-order valence-corrected chi connectivity index (χ4v) is 2.61. The average Bonchev–Trinajstić information content (AvgIpc) is 2.75. The lowest BCUT2D eigenvalue weighted by atomic mass is 9.90. The summed E-state index contributed by atoms with van der Waals surface area (Å²) in [6.45, 7) is 5.83. The first-order chi connectivity index (χ1) is 9.63. The molecule has 0 saturated heterocycles. The summed E-state index contributed by atoms with van der Waals surface area (Å²) >= 11 is 0. The molecule has 0 radical (unpaired) electrons. The summed E-state index contributed by atoms with van der Waals surface area (Å²) in [6, 6.07) is 0. The first-order valence-corrected chi connectivity index (χ1v) is 7.24. The van der Waals surface area contributed by atoms with Gasteiger partial charge < -0.3 is 4.74 Å². The first-order valence-electron chi connectivity index (χ1n) is 7.24. The van der Waals surface area contributed by atoms with Crippen LogP contribution >= 0.6 is 0 Å². The fourth-order valence-electron chi connectivity index (χ4n) is 2.61. The number of hydrogen-bond donors (Lipinski definition) is 0. The number of rotatable bonds is 5. The Kier molecular flexibility index (Phi) is 6.99. The Balaban J connectivity index is 2.96. The summed E-state index contributed by atoms with van der Waals surface area (Å²) in [5.41, 5.74) is 1.58. The van der Waals surface area contributed by atoms with E-state index in [1.807, 2.05) is 0 Å². The lowest BCUT2D eigenvalue weighted by Crippen LogP contribution is -2.10. The number of esters is 1. The van der Waals surface area contributed by atoms with Crippen LogP contribution in [0.4, 0.5) is 0 Å². The number of aldehydes is 1. The second-order valence-electron chi connectivity index (χ2n) is 5.17. The molecule has 1 aliphatic carbocycles. The van der Waals surface area contributed by atoms with Crippen LogP contribution in [0.1, 0.15) is 45.4 Å². The zero-order valence-electron chi connectivity index (χ0n) is 12.5. The molecule has 0 N–H and O–H groups in total. The second kappa shape index (κ2) is 8.51. The third-order valence-corrected chi connectivity index (χ3v) is 3.86. The van der Waals surface area contributed by atoms with E-state index in [0.29, 0.717) is 23.4 Å². The van der Waals surface area contributed by atoms with Gasteiger partial charge in [-0.3, -0.25) is 4.79 Å². The summed E-state index contributed by atoms with van der Waals surface area (Å²) in [5.74, 6) is -0.0816. The van der Waals surface area contributed by atoms with E-state index in [0.717, 1.165) is 18.4 Å². The molecule has 20 heavy (non-hydrogen) atoms. The van der Waals surface area contributed by atoms with E-state index in [-0.39, 0.29) is 0 Å². The molecule has 0 unspecified atom stereocenters. The summed E-state index contributed by atoms with van der Waals surface area (Å²) in [5, 5.41) is 0. The van der Waals surface area contributed by atoms with Gasteiger partial charge in [-0.2, -0.15) is 0 Å². The van der Waals surface area contributed by atoms with Gasteiger partial charge in [-0.1, -0.05) is 43.9 Å². The Hall–Kier alpha value is -1.64. The molecule has 1 rings (SSSR count). The monoisotopic (exact) mass is 276 g/mol. The summed E-state index contributed by atoms with van der Waals surface area (Å²) in [6.07, 6.45) is 11.2. The van der Waals surface area contributed by atoms with Crippen LogP contribution in [0.3, 0.4) is 0 Å². The predicted molar refractivity (Wildman–Crippen MR) is 80.3 cm³/mol. The minimum atomic E-state index is -0.486. The van der Waals surface area contributed by atoms with Gasteiger partial charge in [-0.25, -0.2) is 4.79 Å². The fraction of sp³-hybridized carbons (Fsp3) is 0.529. The van der Waals surface area contributed by atoms with E-state index >= 15 is 0 Å². The normalized spacial score (nSPS) is 18.3. The second-order valence-corrected chi connectivity index (χ2v) is 5.17. The van der Waals surface area contributed by atoms with Crippen molar-refractivity contribution < 1.29 is 14.3 Å². The maximum absolute atomic E-state index is 11.8. The van der Waals surface area contributed by atoms with E-state index in [4.69, 9.17) is 4.74 Å². The minimum absolute atomic E-state index is 0.305. The Morgan fingerprint density at radius 3 is 2.25 bits per heavy atom. The van der Waals surface area contributed by atoms with Crippen molar-refractivity contribution in [2.45, 2.75) is 45.4 Å². The van der Waals surface area contributed by atoms with Gasteiger partial charge in [-0.15, -0.1) is 0 Å². The van der Waals surface area contributed by atoms with Crippen LogP contribution < -0.4 is 0 Å². The van der Waals surface area contributed by atoms with Crippen molar-refractivity contribution in [2.75, 3.05) is 7.11 Å². The van der Waals surface area contributed by atoms with Gasteiger partial charge in [0.15, 0.2) is 6.29 Å². The van der Waals surface area contributed by atoms with E-state index in [1.165, 1.54) is 32.8 Å². The standard InChI is InChI=1S/C17H24O3/c1-4-14(12-18)16(17(19)20-3)11-13(2)15-9-7-5-6-8-10-15/h4,11-12,15H,2,5-10H2,1,3H3/b14-4-,16-11+. The molecule has 1 saturated carbocycles. The molecule has 0 bridgehead atoms. The molecule has 1 aliphatic rings.